The van der Waals surface area contributed by atoms with Crippen LogP contribution in [0.4, 0.5) is 0 Å². The molecule has 3 rings (SSSR count). The van der Waals surface area contributed by atoms with Crippen LogP contribution in [-0.2, 0) is 0 Å². The summed E-state index contributed by atoms with van der Waals surface area (Å²) in [4.78, 5) is 0. The summed E-state index contributed by atoms with van der Waals surface area (Å²) in [5.41, 5.74) is 0.813. The van der Waals surface area contributed by atoms with Gasteiger partial charge in [-0.25, -0.2) is 0 Å². The van der Waals surface area contributed by atoms with Crippen LogP contribution < -0.4 is 5.32 Å². The van der Waals surface area contributed by atoms with E-state index in [-0.39, 0.29) is 6.04 Å². The van der Waals surface area contributed by atoms with Gasteiger partial charge in [0.05, 0.1) is 6.04 Å². The molecule has 1 aliphatic rings. The van der Waals surface area contributed by atoms with E-state index in [2.05, 4.69) is 27.5 Å². The first-order valence-corrected chi connectivity index (χ1v) is 5.26. The van der Waals surface area contributed by atoms with Crippen molar-refractivity contribution in [2.75, 3.05) is 6.54 Å². The third-order valence-electron chi connectivity index (χ3n) is 3.01. The Kier molecular flexibility index (Phi) is 1.92. The highest BCUT2D eigenvalue weighted by Gasteiger charge is 2.28. The molecule has 2 aromatic rings. The van der Waals surface area contributed by atoms with Crippen LogP contribution in [0, 0.1) is 5.92 Å². The van der Waals surface area contributed by atoms with Crippen molar-refractivity contribution in [2.45, 2.75) is 19.4 Å². The van der Waals surface area contributed by atoms with Crippen molar-refractivity contribution in [1.82, 2.24) is 25.1 Å². The Labute approximate surface area is 87.5 Å². The number of nitrogens with one attached hydrogen (secondary N) is 1. The van der Waals surface area contributed by atoms with Crippen molar-refractivity contribution in [1.29, 1.82) is 0 Å². The lowest BCUT2D eigenvalue weighted by Gasteiger charge is -2.12. The minimum absolute atomic E-state index is 0.287. The summed E-state index contributed by atoms with van der Waals surface area (Å²) >= 11 is 0. The standard InChI is InChI=1S/C10H13N5/c1-7-4-6-11-9(7)10-14-13-8-3-2-5-12-15(8)10/h2-3,5,7,9,11H,4,6H2,1H3. The summed E-state index contributed by atoms with van der Waals surface area (Å²) in [7, 11) is 0. The molecule has 0 bridgehead atoms. The van der Waals surface area contributed by atoms with Gasteiger partial charge >= 0.3 is 0 Å². The van der Waals surface area contributed by atoms with Gasteiger partial charge in [-0.2, -0.15) is 9.61 Å². The summed E-state index contributed by atoms with van der Waals surface area (Å²) in [6, 6.07) is 4.08. The topological polar surface area (TPSA) is 55.1 Å². The molecule has 0 radical (unpaired) electrons. The Balaban J connectivity index is 2.10. The van der Waals surface area contributed by atoms with Crippen molar-refractivity contribution in [2.24, 2.45) is 5.92 Å². The van der Waals surface area contributed by atoms with Crippen molar-refractivity contribution in [3.8, 4) is 0 Å². The van der Waals surface area contributed by atoms with E-state index in [1.165, 1.54) is 6.42 Å². The quantitative estimate of drug-likeness (QED) is 0.744. The van der Waals surface area contributed by atoms with Gasteiger partial charge in [0.25, 0.3) is 0 Å². The lowest BCUT2D eigenvalue weighted by molar-refractivity contribution is 0.469. The van der Waals surface area contributed by atoms with E-state index in [0.717, 1.165) is 18.0 Å². The molecule has 0 spiro atoms. The fourth-order valence-corrected chi connectivity index (χ4v) is 2.14. The normalized spacial score (nSPS) is 26.2. The van der Waals surface area contributed by atoms with Gasteiger partial charge in [-0.05, 0) is 31.0 Å². The molecule has 5 heteroatoms. The summed E-state index contributed by atoms with van der Waals surface area (Å²) in [5, 5.41) is 16.0. The minimum atomic E-state index is 0.287. The van der Waals surface area contributed by atoms with Gasteiger partial charge in [0, 0.05) is 6.20 Å². The number of rotatable bonds is 1. The summed E-state index contributed by atoms with van der Waals surface area (Å²) < 4.78 is 1.82. The molecule has 2 atom stereocenters. The van der Waals surface area contributed by atoms with E-state index in [9.17, 15) is 0 Å². The van der Waals surface area contributed by atoms with Gasteiger partial charge in [-0.3, -0.25) is 0 Å². The predicted octanol–water partition coefficient (Wildman–Crippen LogP) is 0.795. The molecule has 78 valence electrons. The van der Waals surface area contributed by atoms with Crippen molar-refractivity contribution in [3.63, 3.8) is 0 Å². The first kappa shape index (κ1) is 8.79. The van der Waals surface area contributed by atoms with Gasteiger partial charge in [-0.15, -0.1) is 10.2 Å². The lowest BCUT2D eigenvalue weighted by atomic mass is 10.0. The molecule has 2 aromatic heterocycles. The second kappa shape index (κ2) is 3.27. The predicted molar refractivity (Wildman–Crippen MR) is 55.3 cm³/mol. The zero-order valence-corrected chi connectivity index (χ0v) is 8.59. The second-order valence-corrected chi connectivity index (χ2v) is 4.05. The largest absolute Gasteiger partial charge is 0.307 e. The maximum absolute atomic E-state index is 4.27. The minimum Gasteiger partial charge on any atom is -0.307 e. The van der Waals surface area contributed by atoms with Crippen LogP contribution in [0.5, 0.6) is 0 Å². The number of hydrogen-bond donors (Lipinski definition) is 1. The molecule has 0 aliphatic carbocycles. The van der Waals surface area contributed by atoms with Gasteiger partial charge < -0.3 is 5.32 Å². The molecule has 3 heterocycles. The van der Waals surface area contributed by atoms with E-state index in [4.69, 9.17) is 0 Å². The van der Waals surface area contributed by atoms with E-state index in [1.54, 1.807) is 6.20 Å². The average molecular weight is 203 g/mol. The zero-order valence-electron chi connectivity index (χ0n) is 8.59. The van der Waals surface area contributed by atoms with E-state index in [1.807, 2.05) is 16.6 Å². The monoisotopic (exact) mass is 203 g/mol. The molecular formula is C10H13N5. The van der Waals surface area contributed by atoms with E-state index < -0.39 is 0 Å². The molecule has 1 fully saturated rings. The van der Waals surface area contributed by atoms with Crippen LogP contribution in [-0.4, -0.2) is 26.4 Å². The van der Waals surface area contributed by atoms with Gasteiger partial charge in [0.1, 0.15) is 0 Å². The summed E-state index contributed by atoms with van der Waals surface area (Å²) in [5.74, 6) is 1.52. The molecule has 0 saturated carbocycles. The highest BCUT2D eigenvalue weighted by Crippen LogP contribution is 2.27. The Morgan fingerprint density at radius 1 is 1.47 bits per heavy atom. The van der Waals surface area contributed by atoms with E-state index >= 15 is 0 Å². The lowest BCUT2D eigenvalue weighted by Crippen LogP contribution is -2.20. The first-order chi connectivity index (χ1) is 7.36. The van der Waals surface area contributed by atoms with Crippen molar-refractivity contribution >= 4 is 5.65 Å². The molecule has 2 unspecified atom stereocenters. The molecule has 1 saturated heterocycles. The fraction of sp³-hybridized carbons (Fsp3) is 0.500. The Hall–Kier alpha value is -1.49. The Bertz CT molecular complexity index is 477. The highest BCUT2D eigenvalue weighted by atomic mass is 15.4. The van der Waals surface area contributed by atoms with Crippen LogP contribution in [0.25, 0.3) is 5.65 Å². The summed E-state index contributed by atoms with van der Waals surface area (Å²) in [6.45, 7) is 3.28. The van der Waals surface area contributed by atoms with Crippen molar-refractivity contribution < 1.29 is 0 Å². The smallest absolute Gasteiger partial charge is 0.177 e. The maximum Gasteiger partial charge on any atom is 0.177 e. The number of fused-ring (bicyclic) bond motifs is 1. The molecular weight excluding hydrogens is 190 g/mol. The second-order valence-electron chi connectivity index (χ2n) is 4.05. The average Bonchev–Trinajstić information content (AvgIpc) is 2.83. The van der Waals surface area contributed by atoms with Crippen LogP contribution in [0.2, 0.25) is 0 Å². The van der Waals surface area contributed by atoms with Gasteiger partial charge in [0.15, 0.2) is 11.5 Å². The number of aromatic nitrogens is 4. The van der Waals surface area contributed by atoms with Crippen LogP contribution in [0.1, 0.15) is 25.2 Å². The molecule has 1 aliphatic heterocycles. The number of hydrogen-bond acceptors (Lipinski definition) is 4. The third kappa shape index (κ3) is 1.31. The Morgan fingerprint density at radius 2 is 2.40 bits per heavy atom. The molecule has 15 heavy (non-hydrogen) atoms. The SMILES string of the molecule is CC1CCNC1c1nnc2cccnn12. The fourth-order valence-electron chi connectivity index (χ4n) is 2.14. The summed E-state index contributed by atoms with van der Waals surface area (Å²) in [6.07, 6.45) is 2.95. The van der Waals surface area contributed by atoms with Gasteiger partial charge in [-0.1, -0.05) is 6.92 Å². The third-order valence-corrected chi connectivity index (χ3v) is 3.01. The van der Waals surface area contributed by atoms with E-state index in [0.29, 0.717) is 5.92 Å². The van der Waals surface area contributed by atoms with Gasteiger partial charge in [0.2, 0.25) is 0 Å². The molecule has 5 nitrogen and oxygen atoms in total. The van der Waals surface area contributed by atoms with Crippen LogP contribution in [0.3, 0.4) is 0 Å². The van der Waals surface area contributed by atoms with Crippen LogP contribution >= 0.6 is 0 Å². The highest BCUT2D eigenvalue weighted by molar-refractivity contribution is 5.35. The van der Waals surface area contributed by atoms with Crippen molar-refractivity contribution in [3.05, 3.63) is 24.2 Å². The molecule has 1 N–H and O–H groups in total. The maximum atomic E-state index is 4.27. The number of nitrogens with zero attached hydrogens (tertiary/aromatic N) is 4. The molecule has 0 amide bonds. The zero-order chi connectivity index (χ0) is 10.3. The first-order valence-electron chi connectivity index (χ1n) is 5.26. The van der Waals surface area contributed by atoms with Crippen LogP contribution in [0.15, 0.2) is 18.3 Å². The molecule has 0 aromatic carbocycles. The Morgan fingerprint density at radius 3 is 3.20 bits per heavy atom.